The second-order valence-corrected chi connectivity index (χ2v) is 6.42. The predicted molar refractivity (Wildman–Crippen MR) is 67.2 cm³/mol. The van der Waals surface area contributed by atoms with Crippen molar-refractivity contribution in [3.8, 4) is 0 Å². The molecule has 0 aliphatic heterocycles. The van der Waals surface area contributed by atoms with Crippen LogP contribution in [0.2, 0.25) is 0 Å². The van der Waals surface area contributed by atoms with E-state index >= 15 is 0 Å². The van der Waals surface area contributed by atoms with E-state index in [-0.39, 0.29) is 23.3 Å². The standard InChI is InChI=1S/C13H25NO2/c1-9(14-13(5,6)7)10(8-11(15)16)12(2,3)4/h10,14H,1,8H2,2-7H3,(H,15,16). The van der Waals surface area contributed by atoms with Crippen molar-refractivity contribution < 1.29 is 9.90 Å². The Kier molecular flexibility index (Phi) is 4.59. The number of aliphatic carboxylic acids is 1. The van der Waals surface area contributed by atoms with Gasteiger partial charge in [-0.2, -0.15) is 0 Å². The number of carboxylic acids is 1. The fourth-order valence-corrected chi connectivity index (χ4v) is 1.70. The van der Waals surface area contributed by atoms with Gasteiger partial charge in [-0.25, -0.2) is 0 Å². The fraction of sp³-hybridized carbons (Fsp3) is 0.769. The van der Waals surface area contributed by atoms with Crippen LogP contribution in [0.1, 0.15) is 48.0 Å². The van der Waals surface area contributed by atoms with Gasteiger partial charge in [-0.15, -0.1) is 0 Å². The summed E-state index contributed by atoms with van der Waals surface area (Å²) in [6, 6.07) is 0. The van der Waals surface area contributed by atoms with Gasteiger partial charge in [-0.3, -0.25) is 4.79 Å². The Bertz CT molecular complexity index is 269. The molecular weight excluding hydrogens is 202 g/mol. The van der Waals surface area contributed by atoms with Crippen molar-refractivity contribution in [2.45, 2.75) is 53.5 Å². The summed E-state index contributed by atoms with van der Waals surface area (Å²) in [4.78, 5) is 10.9. The zero-order valence-corrected chi connectivity index (χ0v) is 11.3. The third kappa shape index (κ3) is 5.79. The van der Waals surface area contributed by atoms with Crippen molar-refractivity contribution in [1.29, 1.82) is 0 Å². The molecule has 0 aromatic heterocycles. The molecule has 0 aromatic carbocycles. The van der Waals surface area contributed by atoms with Crippen molar-refractivity contribution in [1.82, 2.24) is 5.32 Å². The Morgan fingerprint density at radius 2 is 1.69 bits per heavy atom. The summed E-state index contributed by atoms with van der Waals surface area (Å²) in [5, 5.41) is 12.2. The molecule has 0 spiro atoms. The SMILES string of the molecule is C=C(NC(C)(C)C)C(CC(=O)O)C(C)(C)C. The van der Waals surface area contributed by atoms with Crippen LogP contribution in [-0.4, -0.2) is 16.6 Å². The molecule has 0 amide bonds. The van der Waals surface area contributed by atoms with Gasteiger partial charge in [0.05, 0.1) is 6.42 Å². The van der Waals surface area contributed by atoms with E-state index in [0.717, 1.165) is 5.70 Å². The first kappa shape index (κ1) is 15.0. The lowest BCUT2D eigenvalue weighted by molar-refractivity contribution is -0.138. The van der Waals surface area contributed by atoms with Crippen LogP contribution in [0, 0.1) is 11.3 Å². The molecule has 2 N–H and O–H groups in total. The molecule has 0 rings (SSSR count). The van der Waals surface area contributed by atoms with Gasteiger partial charge in [-0.1, -0.05) is 27.4 Å². The minimum absolute atomic E-state index is 0.0655. The van der Waals surface area contributed by atoms with Crippen LogP contribution in [0.3, 0.4) is 0 Å². The molecule has 1 unspecified atom stereocenters. The van der Waals surface area contributed by atoms with Crippen LogP contribution in [0.5, 0.6) is 0 Å². The molecule has 3 heteroatoms. The summed E-state index contributed by atoms with van der Waals surface area (Å²) in [7, 11) is 0. The highest BCUT2D eigenvalue weighted by molar-refractivity contribution is 5.67. The Morgan fingerprint density at radius 1 is 1.25 bits per heavy atom. The zero-order chi connectivity index (χ0) is 13.1. The average molecular weight is 227 g/mol. The van der Waals surface area contributed by atoms with Gasteiger partial charge in [0.25, 0.3) is 0 Å². The number of allylic oxidation sites excluding steroid dienone is 1. The third-order valence-corrected chi connectivity index (χ3v) is 2.38. The lowest BCUT2D eigenvalue weighted by Crippen LogP contribution is -2.40. The lowest BCUT2D eigenvalue weighted by Gasteiger charge is -2.35. The summed E-state index contributed by atoms with van der Waals surface area (Å²) in [6.07, 6.45) is 0.116. The monoisotopic (exact) mass is 227 g/mol. The van der Waals surface area contributed by atoms with E-state index in [1.54, 1.807) is 0 Å². The molecule has 0 heterocycles. The molecule has 0 aliphatic rings. The molecule has 0 aromatic rings. The van der Waals surface area contributed by atoms with E-state index in [1.165, 1.54) is 0 Å². The summed E-state index contributed by atoms with van der Waals surface area (Å²) < 4.78 is 0. The quantitative estimate of drug-likeness (QED) is 0.776. The highest BCUT2D eigenvalue weighted by Crippen LogP contribution is 2.33. The van der Waals surface area contributed by atoms with Crippen molar-refractivity contribution in [3.05, 3.63) is 12.3 Å². The normalized spacial score (nSPS) is 14.4. The smallest absolute Gasteiger partial charge is 0.304 e. The Balaban J connectivity index is 4.78. The van der Waals surface area contributed by atoms with E-state index in [2.05, 4.69) is 11.9 Å². The Morgan fingerprint density at radius 3 is 1.94 bits per heavy atom. The maximum atomic E-state index is 10.9. The van der Waals surface area contributed by atoms with Crippen LogP contribution in [0.4, 0.5) is 0 Å². The van der Waals surface area contributed by atoms with Crippen LogP contribution >= 0.6 is 0 Å². The van der Waals surface area contributed by atoms with E-state index in [9.17, 15) is 4.79 Å². The summed E-state index contributed by atoms with van der Waals surface area (Å²) in [5.41, 5.74) is 0.620. The largest absolute Gasteiger partial charge is 0.481 e. The fourth-order valence-electron chi connectivity index (χ4n) is 1.70. The first-order valence-electron chi connectivity index (χ1n) is 5.62. The predicted octanol–water partition coefficient (Wildman–Crippen LogP) is 3.03. The minimum atomic E-state index is -0.781. The second kappa shape index (κ2) is 4.89. The summed E-state index contributed by atoms with van der Waals surface area (Å²) >= 11 is 0. The Labute approximate surface area is 98.9 Å². The highest BCUT2D eigenvalue weighted by atomic mass is 16.4. The average Bonchev–Trinajstić information content (AvgIpc) is 1.93. The molecular formula is C13H25NO2. The van der Waals surface area contributed by atoms with Crippen molar-refractivity contribution in [3.63, 3.8) is 0 Å². The number of hydrogen-bond donors (Lipinski definition) is 2. The van der Waals surface area contributed by atoms with Crippen LogP contribution in [0.25, 0.3) is 0 Å². The molecule has 0 bridgehead atoms. The molecule has 0 aliphatic carbocycles. The first-order valence-corrected chi connectivity index (χ1v) is 5.62. The summed E-state index contributed by atoms with van der Waals surface area (Å²) in [5.74, 6) is -0.846. The zero-order valence-electron chi connectivity index (χ0n) is 11.3. The number of hydrogen-bond acceptors (Lipinski definition) is 2. The molecule has 0 saturated heterocycles. The van der Waals surface area contributed by atoms with Gasteiger partial charge in [0.1, 0.15) is 0 Å². The van der Waals surface area contributed by atoms with Gasteiger partial charge < -0.3 is 10.4 Å². The Hall–Kier alpha value is -0.990. The molecule has 0 fully saturated rings. The molecule has 16 heavy (non-hydrogen) atoms. The van der Waals surface area contributed by atoms with Crippen molar-refractivity contribution in [2.24, 2.45) is 11.3 Å². The van der Waals surface area contributed by atoms with Crippen molar-refractivity contribution in [2.75, 3.05) is 0 Å². The van der Waals surface area contributed by atoms with E-state index in [1.807, 2.05) is 41.5 Å². The van der Waals surface area contributed by atoms with E-state index < -0.39 is 5.97 Å². The number of carbonyl (C=O) groups is 1. The first-order chi connectivity index (χ1) is 6.93. The van der Waals surface area contributed by atoms with Gasteiger partial charge in [0.15, 0.2) is 0 Å². The summed E-state index contributed by atoms with van der Waals surface area (Å²) in [6.45, 7) is 16.2. The number of carboxylic acid groups (broad SMARTS) is 1. The topological polar surface area (TPSA) is 49.3 Å². The van der Waals surface area contributed by atoms with Gasteiger partial charge in [-0.05, 0) is 26.2 Å². The lowest BCUT2D eigenvalue weighted by atomic mass is 9.76. The van der Waals surface area contributed by atoms with Crippen LogP contribution in [-0.2, 0) is 4.79 Å². The molecule has 1 atom stereocenters. The molecule has 3 nitrogen and oxygen atoms in total. The van der Waals surface area contributed by atoms with Crippen molar-refractivity contribution >= 4 is 5.97 Å². The molecule has 94 valence electrons. The van der Waals surface area contributed by atoms with E-state index in [0.29, 0.717) is 0 Å². The molecule has 0 radical (unpaired) electrons. The number of nitrogens with one attached hydrogen (secondary N) is 1. The van der Waals surface area contributed by atoms with E-state index in [4.69, 9.17) is 5.11 Å². The third-order valence-electron chi connectivity index (χ3n) is 2.38. The molecule has 0 saturated carbocycles. The maximum absolute atomic E-state index is 10.9. The highest BCUT2D eigenvalue weighted by Gasteiger charge is 2.30. The maximum Gasteiger partial charge on any atom is 0.304 e. The van der Waals surface area contributed by atoms with Gasteiger partial charge in [0, 0.05) is 17.2 Å². The van der Waals surface area contributed by atoms with Gasteiger partial charge >= 0.3 is 5.97 Å². The van der Waals surface area contributed by atoms with Gasteiger partial charge in [0.2, 0.25) is 0 Å². The number of rotatable bonds is 4. The minimum Gasteiger partial charge on any atom is -0.481 e. The van der Waals surface area contributed by atoms with Crippen LogP contribution < -0.4 is 5.32 Å². The van der Waals surface area contributed by atoms with Crippen LogP contribution in [0.15, 0.2) is 12.3 Å². The second-order valence-electron chi connectivity index (χ2n) is 6.42.